The Labute approximate surface area is 71.7 Å². The lowest BCUT2D eigenvalue weighted by molar-refractivity contribution is 0.572. The first-order chi connectivity index (χ1) is 4.30. The van der Waals surface area contributed by atoms with Crippen LogP contribution in [-0.4, -0.2) is 8.76 Å². The van der Waals surface area contributed by atoms with Crippen molar-refractivity contribution in [3.05, 3.63) is 24.6 Å². The lowest BCUT2D eigenvalue weighted by atomic mass is 10.3. The highest BCUT2D eigenvalue weighted by molar-refractivity contribution is 9.24. The average Bonchev–Trinajstić information content (AvgIpc) is 1.90. The predicted molar refractivity (Wildman–Crippen MR) is 46.4 cm³/mol. The molecule has 50 valence electrons. The van der Waals surface area contributed by atoms with E-state index in [9.17, 15) is 0 Å². The monoisotopic (exact) mass is 251 g/mol. The number of hydrogen-bond acceptors (Lipinski definition) is 1. The molecule has 9 heavy (non-hydrogen) atoms. The third-order valence-electron chi connectivity index (χ3n) is 1.05. The fourth-order valence-corrected chi connectivity index (χ4v) is 1.17. The van der Waals surface area contributed by atoms with Crippen molar-refractivity contribution in [3.63, 3.8) is 0 Å². The minimum absolute atomic E-state index is 0.220. The Morgan fingerprint density at radius 2 is 1.78 bits per heavy atom. The van der Waals surface area contributed by atoms with Gasteiger partial charge in [0.05, 0.1) is 0 Å². The summed E-state index contributed by atoms with van der Waals surface area (Å²) in [5.74, 6) is 0. The van der Waals surface area contributed by atoms with Crippen LogP contribution in [-0.2, 0) is 0 Å². The molecule has 3 heteroatoms. The standard InChI is InChI=1S/C6H7Br2N/c7-6(8)9-4-2-1-3-5-9/h2-6H,1H2. The number of rotatable bonds is 1. The van der Waals surface area contributed by atoms with Gasteiger partial charge in [0.1, 0.15) is 3.86 Å². The van der Waals surface area contributed by atoms with Gasteiger partial charge in [-0.25, -0.2) is 0 Å². The van der Waals surface area contributed by atoms with E-state index in [2.05, 4.69) is 44.0 Å². The van der Waals surface area contributed by atoms with Crippen molar-refractivity contribution in [3.8, 4) is 0 Å². The second-order valence-electron chi connectivity index (χ2n) is 1.73. The van der Waals surface area contributed by atoms with Gasteiger partial charge in [0.15, 0.2) is 0 Å². The van der Waals surface area contributed by atoms with Crippen molar-refractivity contribution in [2.24, 2.45) is 0 Å². The summed E-state index contributed by atoms with van der Waals surface area (Å²) in [6.07, 6.45) is 9.33. The third kappa shape index (κ3) is 2.14. The van der Waals surface area contributed by atoms with Crippen molar-refractivity contribution in [2.45, 2.75) is 10.3 Å². The zero-order valence-electron chi connectivity index (χ0n) is 4.80. The van der Waals surface area contributed by atoms with Crippen molar-refractivity contribution in [1.82, 2.24) is 4.90 Å². The van der Waals surface area contributed by atoms with Crippen LogP contribution in [0.25, 0.3) is 0 Å². The molecule has 0 aromatic heterocycles. The van der Waals surface area contributed by atoms with Crippen LogP contribution >= 0.6 is 31.9 Å². The molecule has 0 spiro atoms. The first-order valence-corrected chi connectivity index (χ1v) is 4.53. The molecule has 0 amide bonds. The molecule has 1 rings (SSSR count). The van der Waals surface area contributed by atoms with Gasteiger partial charge in [0.2, 0.25) is 0 Å². The smallest absolute Gasteiger partial charge is 0.144 e. The number of alkyl halides is 2. The highest BCUT2D eigenvalue weighted by atomic mass is 79.9. The second kappa shape index (κ2) is 3.42. The molecule has 0 aromatic rings. The van der Waals surface area contributed by atoms with Gasteiger partial charge in [-0.1, -0.05) is 44.0 Å². The van der Waals surface area contributed by atoms with Gasteiger partial charge in [0.25, 0.3) is 0 Å². The molecule has 0 saturated carbocycles. The molecule has 1 heterocycles. The fourth-order valence-electron chi connectivity index (χ4n) is 0.624. The van der Waals surface area contributed by atoms with Crippen LogP contribution in [0.4, 0.5) is 0 Å². The summed E-state index contributed by atoms with van der Waals surface area (Å²) in [7, 11) is 0. The van der Waals surface area contributed by atoms with E-state index in [1.807, 2.05) is 17.3 Å². The Morgan fingerprint density at radius 1 is 1.22 bits per heavy atom. The van der Waals surface area contributed by atoms with E-state index in [0.29, 0.717) is 0 Å². The predicted octanol–water partition coefficient (Wildman–Crippen LogP) is 2.79. The summed E-state index contributed by atoms with van der Waals surface area (Å²) in [5.41, 5.74) is 0. The molecule has 1 aliphatic heterocycles. The Balaban J connectivity index is 2.49. The molecule has 1 aliphatic rings. The van der Waals surface area contributed by atoms with Crippen molar-refractivity contribution >= 4 is 31.9 Å². The first kappa shape index (κ1) is 7.35. The van der Waals surface area contributed by atoms with Gasteiger partial charge in [-0.2, -0.15) is 0 Å². The molecule has 0 atom stereocenters. The van der Waals surface area contributed by atoms with Crippen molar-refractivity contribution in [2.75, 3.05) is 0 Å². The van der Waals surface area contributed by atoms with Crippen LogP contribution in [0.2, 0.25) is 0 Å². The zero-order chi connectivity index (χ0) is 6.69. The van der Waals surface area contributed by atoms with E-state index in [1.165, 1.54) is 0 Å². The quantitative estimate of drug-likeness (QED) is 0.513. The first-order valence-electron chi connectivity index (χ1n) is 2.69. The maximum atomic E-state index is 3.38. The maximum Gasteiger partial charge on any atom is 0.144 e. The van der Waals surface area contributed by atoms with Gasteiger partial charge in [-0.3, -0.25) is 0 Å². The van der Waals surface area contributed by atoms with E-state index >= 15 is 0 Å². The van der Waals surface area contributed by atoms with Crippen LogP contribution in [0.5, 0.6) is 0 Å². The maximum absolute atomic E-state index is 3.38. The number of halogens is 2. The Morgan fingerprint density at radius 3 is 2.11 bits per heavy atom. The molecule has 0 N–H and O–H groups in total. The fraction of sp³-hybridized carbons (Fsp3) is 0.333. The molecule has 0 aromatic carbocycles. The lowest BCUT2D eigenvalue weighted by Crippen LogP contribution is -2.14. The van der Waals surface area contributed by atoms with Crippen molar-refractivity contribution in [1.29, 1.82) is 0 Å². The molecule has 0 bridgehead atoms. The Bertz CT molecular complexity index is 128. The van der Waals surface area contributed by atoms with E-state index in [4.69, 9.17) is 0 Å². The van der Waals surface area contributed by atoms with Crippen LogP contribution in [0.15, 0.2) is 24.6 Å². The van der Waals surface area contributed by atoms with Crippen LogP contribution in [0.3, 0.4) is 0 Å². The Hall–Kier alpha value is 0.240. The van der Waals surface area contributed by atoms with Gasteiger partial charge >= 0.3 is 0 Å². The van der Waals surface area contributed by atoms with Gasteiger partial charge < -0.3 is 4.90 Å². The number of allylic oxidation sites excluding steroid dienone is 2. The van der Waals surface area contributed by atoms with Gasteiger partial charge in [-0.15, -0.1) is 0 Å². The minimum atomic E-state index is 0.220. The third-order valence-corrected chi connectivity index (χ3v) is 2.00. The molecule has 0 fully saturated rings. The summed E-state index contributed by atoms with van der Waals surface area (Å²) in [6, 6.07) is 0. The summed E-state index contributed by atoms with van der Waals surface area (Å²) >= 11 is 6.75. The number of nitrogens with zero attached hydrogens (tertiary/aromatic N) is 1. The highest BCUT2D eigenvalue weighted by Gasteiger charge is 2.03. The van der Waals surface area contributed by atoms with E-state index in [-0.39, 0.29) is 3.86 Å². The zero-order valence-corrected chi connectivity index (χ0v) is 7.97. The molecule has 0 unspecified atom stereocenters. The molecular formula is C6H7Br2N. The molecule has 0 radical (unpaired) electrons. The largest absolute Gasteiger partial charge is 0.333 e. The van der Waals surface area contributed by atoms with Crippen molar-refractivity contribution < 1.29 is 0 Å². The number of hydrogen-bond donors (Lipinski definition) is 0. The second-order valence-corrected chi connectivity index (χ2v) is 4.69. The van der Waals surface area contributed by atoms with E-state index in [1.54, 1.807) is 0 Å². The van der Waals surface area contributed by atoms with E-state index < -0.39 is 0 Å². The van der Waals surface area contributed by atoms with Gasteiger partial charge in [-0.05, 0) is 6.42 Å². The highest BCUT2D eigenvalue weighted by Crippen LogP contribution is 2.17. The normalized spacial score (nSPS) is 17.4. The summed E-state index contributed by atoms with van der Waals surface area (Å²) in [4.78, 5) is 2.03. The lowest BCUT2D eigenvalue weighted by Gasteiger charge is -2.18. The minimum Gasteiger partial charge on any atom is -0.333 e. The SMILES string of the molecule is BrC(Br)N1C=CCC=C1. The average molecular weight is 253 g/mol. The topological polar surface area (TPSA) is 3.24 Å². The summed E-state index contributed by atoms with van der Waals surface area (Å²) in [5, 5.41) is 0. The molecule has 0 saturated heterocycles. The van der Waals surface area contributed by atoms with Crippen LogP contribution < -0.4 is 0 Å². The molecule has 0 aliphatic carbocycles. The Kier molecular flexibility index (Phi) is 2.79. The van der Waals surface area contributed by atoms with E-state index in [0.717, 1.165) is 6.42 Å². The molecule has 1 nitrogen and oxygen atoms in total. The van der Waals surface area contributed by atoms with Crippen LogP contribution in [0.1, 0.15) is 6.42 Å². The molecular weight excluding hydrogens is 246 g/mol. The summed E-state index contributed by atoms with van der Waals surface area (Å²) < 4.78 is 0.220. The summed E-state index contributed by atoms with van der Waals surface area (Å²) in [6.45, 7) is 0. The van der Waals surface area contributed by atoms with Gasteiger partial charge in [0, 0.05) is 12.4 Å². The van der Waals surface area contributed by atoms with Crippen LogP contribution in [0, 0.1) is 0 Å².